The van der Waals surface area contributed by atoms with Crippen molar-refractivity contribution in [1.29, 1.82) is 5.26 Å². The highest BCUT2D eigenvalue weighted by Crippen LogP contribution is 2.45. The Morgan fingerprint density at radius 1 is 0.972 bits per heavy atom. The van der Waals surface area contributed by atoms with Gasteiger partial charge in [0, 0.05) is 86.5 Å². The minimum absolute atomic E-state index is 0.0218. The van der Waals surface area contributed by atoms with Crippen LogP contribution in [-0.2, 0) is 9.59 Å². The smallest absolute Gasteiger partial charge is 0.238 e. The van der Waals surface area contributed by atoms with Crippen molar-refractivity contribution in [2.24, 2.45) is 16.8 Å². The molecule has 6 aliphatic rings. The minimum Gasteiger partial charge on any atom is -0.490 e. The van der Waals surface area contributed by atoms with E-state index >= 15 is 0 Å². The molecule has 71 heavy (non-hydrogen) atoms. The summed E-state index contributed by atoms with van der Waals surface area (Å²) < 4.78 is 6.28. The number of nitrogens with zero attached hydrogens (tertiary/aromatic N) is 5. The molecular weight excluding hydrogens is 909 g/mol. The second-order valence-electron chi connectivity index (χ2n) is 21.8. The Hall–Kier alpha value is -3.79. The standard InChI is InChI=1S/C55H86N12O3S/c1-8-10-11-12-13-25-55(26-24-47(62-64-55)53(69)58-42-17-22-45(23-18-42)70-46-21-16-41(33-56)37(5)31-46)67-34-44(35-67)66-29-27-65(28-30-66)43-19-14-40(15-20-43)51-50-38(6)39(7)71-54(50)60-52(63-61-36(3)4)48(59-51)32-49(68)57-9-2/h14-16,19-21,31,36,38-39,42,44-45,47-48,50,52,54,60-64H,8-13,17-18,22-30,32,34-35H2,1-7H3,(H,57,68)(H,58,69)/t38?,39?,42?,45?,47?,48-,50?,52?,54?,55?/m0/s1. The molecule has 2 aromatic carbocycles. The molecule has 0 spiro atoms. The molecule has 2 aromatic rings. The van der Waals surface area contributed by atoms with Gasteiger partial charge >= 0.3 is 0 Å². The van der Waals surface area contributed by atoms with Crippen molar-refractivity contribution in [2.45, 2.75) is 191 Å². The summed E-state index contributed by atoms with van der Waals surface area (Å²) in [5.41, 5.74) is 19.2. The third-order valence-corrected chi connectivity index (χ3v) is 18.0. The number of thioether (sulfide) groups is 1. The molecule has 15 nitrogen and oxygen atoms in total. The molecule has 1 saturated carbocycles. The Labute approximate surface area is 429 Å². The summed E-state index contributed by atoms with van der Waals surface area (Å²) in [6.45, 7) is 21.8. The molecule has 5 aliphatic heterocycles. The van der Waals surface area contributed by atoms with Crippen LogP contribution in [0.4, 0.5) is 5.69 Å². The molecule has 7 unspecified atom stereocenters. The number of hydrazine groups is 2. The van der Waals surface area contributed by atoms with Crippen LogP contribution in [-0.4, -0.2) is 132 Å². The maximum Gasteiger partial charge on any atom is 0.238 e. The topological polar surface area (TPSA) is 173 Å². The fourth-order valence-electron chi connectivity index (χ4n) is 11.9. The number of aryl methyl sites for hydroxylation is 1. The highest BCUT2D eigenvalue weighted by molar-refractivity contribution is 8.00. The van der Waals surface area contributed by atoms with Crippen LogP contribution in [0.25, 0.3) is 0 Å². The first kappa shape index (κ1) is 53.5. The number of unbranched alkanes of at least 4 members (excludes halogenated alkanes) is 4. The normalized spacial score (nSPS) is 30.7. The van der Waals surface area contributed by atoms with Crippen LogP contribution in [0.3, 0.4) is 0 Å². The van der Waals surface area contributed by atoms with E-state index in [-0.39, 0.29) is 65.2 Å². The van der Waals surface area contributed by atoms with E-state index in [4.69, 9.17) is 9.73 Å². The first-order valence-electron chi connectivity index (χ1n) is 27.5. The molecule has 7 N–H and O–H groups in total. The monoisotopic (exact) mass is 995 g/mol. The lowest BCUT2D eigenvalue weighted by atomic mass is 9.84. The lowest BCUT2D eigenvalue weighted by molar-refractivity contribution is -0.130. The highest BCUT2D eigenvalue weighted by atomic mass is 32.2. The van der Waals surface area contributed by atoms with E-state index in [9.17, 15) is 14.9 Å². The number of hydrogen-bond acceptors (Lipinski definition) is 14. The Balaban J connectivity index is 0.833. The zero-order chi connectivity index (χ0) is 50.1. The minimum atomic E-state index is -0.267. The van der Waals surface area contributed by atoms with E-state index in [1.165, 1.54) is 37.8 Å². The molecule has 0 aromatic heterocycles. The van der Waals surface area contributed by atoms with E-state index in [2.05, 4.69) is 117 Å². The first-order chi connectivity index (χ1) is 34.4. The third-order valence-electron chi connectivity index (χ3n) is 16.4. The lowest BCUT2D eigenvalue weighted by Gasteiger charge is -2.58. The van der Waals surface area contributed by atoms with Gasteiger partial charge in [0.1, 0.15) is 11.8 Å². The molecule has 0 radical (unpaired) electrons. The molecular formula is C55H86N12O3S. The molecule has 5 fully saturated rings. The Bertz CT molecular complexity index is 2120. The van der Waals surface area contributed by atoms with Gasteiger partial charge in [0.25, 0.3) is 0 Å². The Kier molecular flexibility index (Phi) is 18.8. The average molecular weight is 995 g/mol. The number of likely N-dealkylation sites (tertiary alicyclic amines) is 1. The number of fused-ring (bicyclic) bond motifs is 1. The van der Waals surface area contributed by atoms with Crippen LogP contribution in [0.5, 0.6) is 5.75 Å². The summed E-state index contributed by atoms with van der Waals surface area (Å²) in [6, 6.07) is 17.4. The summed E-state index contributed by atoms with van der Waals surface area (Å²) in [4.78, 5) is 40.1. The van der Waals surface area contributed by atoms with Crippen molar-refractivity contribution in [3.05, 3.63) is 59.2 Å². The van der Waals surface area contributed by atoms with Gasteiger partial charge in [0.05, 0.1) is 47.4 Å². The fraction of sp³-hybridized carbons (Fsp3) is 0.709. The van der Waals surface area contributed by atoms with Crippen molar-refractivity contribution >= 4 is 35.0 Å². The number of carbonyl (C=O) groups is 2. The van der Waals surface area contributed by atoms with Gasteiger partial charge < -0.3 is 20.3 Å². The SMILES string of the molecule is CCCCCCCC1(N2CC(N3CCN(c4ccc(C5=N[C@@H](CC(=O)NCC)C(NNC(C)C)NC6SC(C)C(C)C56)cc4)CC3)C2)CCC(C(=O)NC2CCC(Oc3ccc(C#N)c(C)c3)CC2)NN1. The van der Waals surface area contributed by atoms with Gasteiger partial charge in [-0.15, -0.1) is 11.8 Å². The van der Waals surface area contributed by atoms with E-state index in [1.807, 2.05) is 43.8 Å². The van der Waals surface area contributed by atoms with E-state index in [0.717, 1.165) is 107 Å². The van der Waals surface area contributed by atoms with Crippen LogP contribution in [0.2, 0.25) is 0 Å². The van der Waals surface area contributed by atoms with E-state index in [0.29, 0.717) is 35.7 Å². The van der Waals surface area contributed by atoms with E-state index < -0.39 is 0 Å². The van der Waals surface area contributed by atoms with Gasteiger partial charge in [-0.3, -0.25) is 35.1 Å². The van der Waals surface area contributed by atoms with Crippen molar-refractivity contribution in [2.75, 3.05) is 50.7 Å². The maximum absolute atomic E-state index is 13.7. The van der Waals surface area contributed by atoms with Crippen LogP contribution in [0.1, 0.15) is 142 Å². The van der Waals surface area contributed by atoms with Crippen LogP contribution < -0.4 is 47.3 Å². The van der Waals surface area contributed by atoms with Gasteiger partial charge in [-0.1, -0.05) is 65.0 Å². The van der Waals surface area contributed by atoms with Crippen molar-refractivity contribution < 1.29 is 14.3 Å². The summed E-state index contributed by atoms with van der Waals surface area (Å²) in [5.74, 6) is 1.59. The number of ether oxygens (including phenoxy) is 1. The molecule has 390 valence electrons. The number of rotatable bonds is 20. The average Bonchev–Trinajstić information content (AvgIpc) is 3.53. The molecule has 8 atom stereocenters. The third kappa shape index (κ3) is 13.3. The summed E-state index contributed by atoms with van der Waals surface area (Å²) in [5, 5.41) is 20.2. The number of aliphatic imine (C=N–C) groups is 1. The molecule has 1 aliphatic carbocycles. The van der Waals surface area contributed by atoms with Crippen molar-refractivity contribution in [3.8, 4) is 11.8 Å². The molecule has 0 bridgehead atoms. The van der Waals surface area contributed by atoms with Gasteiger partial charge in [-0.05, 0) is 120 Å². The summed E-state index contributed by atoms with van der Waals surface area (Å²) in [7, 11) is 0. The Morgan fingerprint density at radius 2 is 1.72 bits per heavy atom. The zero-order valence-electron chi connectivity index (χ0n) is 43.9. The Morgan fingerprint density at radius 3 is 2.38 bits per heavy atom. The molecule has 4 saturated heterocycles. The number of hydrogen-bond donors (Lipinski definition) is 7. The number of benzene rings is 2. The fourth-order valence-corrected chi connectivity index (χ4v) is 13.5. The number of anilines is 1. The lowest BCUT2D eigenvalue weighted by Crippen LogP contribution is -2.76. The molecule has 5 heterocycles. The summed E-state index contributed by atoms with van der Waals surface area (Å²) in [6.07, 6.45) is 12.9. The van der Waals surface area contributed by atoms with Crippen molar-refractivity contribution in [3.63, 3.8) is 0 Å². The number of amides is 2. The highest BCUT2D eigenvalue weighted by Gasteiger charge is 2.49. The number of piperazine rings is 1. The van der Waals surface area contributed by atoms with Crippen LogP contribution >= 0.6 is 11.8 Å². The molecule has 8 rings (SSSR count). The van der Waals surface area contributed by atoms with Gasteiger partial charge in [-0.25, -0.2) is 16.3 Å². The largest absolute Gasteiger partial charge is 0.490 e. The summed E-state index contributed by atoms with van der Waals surface area (Å²) >= 11 is 1.99. The van der Waals surface area contributed by atoms with E-state index in [1.54, 1.807) is 0 Å². The van der Waals surface area contributed by atoms with Gasteiger partial charge in [-0.2, -0.15) is 5.26 Å². The number of nitriles is 1. The van der Waals surface area contributed by atoms with Gasteiger partial charge in [0.2, 0.25) is 11.8 Å². The number of carbonyl (C=O) groups excluding carboxylic acids is 2. The second kappa shape index (κ2) is 25.0. The number of nitrogens with one attached hydrogen (secondary N) is 7. The quantitative estimate of drug-likeness (QED) is 0.0581. The van der Waals surface area contributed by atoms with Gasteiger partial charge in [0.15, 0.2) is 0 Å². The predicted molar refractivity (Wildman–Crippen MR) is 287 cm³/mol. The van der Waals surface area contributed by atoms with Crippen LogP contribution in [0.15, 0.2) is 47.5 Å². The van der Waals surface area contributed by atoms with Crippen molar-refractivity contribution in [1.82, 2.24) is 47.5 Å². The van der Waals surface area contributed by atoms with Crippen LogP contribution in [0, 0.1) is 30.1 Å². The second-order valence-corrected chi connectivity index (χ2v) is 23.4. The molecule has 2 amide bonds. The zero-order valence-corrected chi connectivity index (χ0v) is 44.7. The first-order valence-corrected chi connectivity index (χ1v) is 28.4. The maximum atomic E-state index is 13.7. The predicted octanol–water partition coefficient (Wildman–Crippen LogP) is 6.32. The molecule has 16 heteroatoms.